The second-order valence-electron chi connectivity index (χ2n) is 9.95. The number of carbonyl (C=O) groups excluding carboxylic acids is 1. The monoisotopic (exact) mass is 531 g/mol. The molecule has 2 rings (SSSR count). The van der Waals surface area contributed by atoms with Gasteiger partial charge >= 0.3 is 6.09 Å². The van der Waals surface area contributed by atoms with E-state index in [-0.39, 0.29) is 25.7 Å². The smallest absolute Gasteiger partial charge is 0.407 e. The van der Waals surface area contributed by atoms with E-state index in [1.54, 1.807) is 14.2 Å². The molecule has 0 heterocycles. The van der Waals surface area contributed by atoms with Gasteiger partial charge in [-0.15, -0.1) is 0 Å². The number of rotatable bonds is 18. The van der Waals surface area contributed by atoms with Gasteiger partial charge in [0.05, 0.1) is 0 Å². The number of unbranched alkanes of at least 4 members (excludes halogenated alkanes) is 1. The quantitative estimate of drug-likeness (QED) is 0.190. The third kappa shape index (κ3) is 13.1. The zero-order chi connectivity index (χ0) is 27.6. The molecule has 1 unspecified atom stereocenters. The molecule has 1 atom stereocenters. The Balaban J connectivity index is 1.91. The first-order valence-electron chi connectivity index (χ1n) is 13.1. The van der Waals surface area contributed by atoms with E-state index in [4.69, 9.17) is 23.7 Å². The molecule has 0 bridgehead atoms. The number of alkyl carbamates (subject to hydrolysis) is 1. The standard InChI is InChI=1S/C29H45N3O6/c1-29(2,3)38-28(33)31-17-11-10-14-25(32-19-24-13-7-9-16-27(24)37-22-35-5)20-30-18-23-12-6-8-15-26(23)36-21-34-4/h6-9,12-13,15-16,25,30,32H,10-11,14,17-22H2,1-5H3,(H,31,33). The summed E-state index contributed by atoms with van der Waals surface area (Å²) in [5, 5.41) is 10.1. The summed E-state index contributed by atoms with van der Waals surface area (Å²) in [7, 11) is 3.22. The van der Waals surface area contributed by atoms with Crippen molar-refractivity contribution in [1.82, 2.24) is 16.0 Å². The Bertz CT molecular complexity index is 935. The Kier molecular flexibility index (Phi) is 14.5. The molecule has 2 aromatic carbocycles. The first-order chi connectivity index (χ1) is 18.3. The summed E-state index contributed by atoms with van der Waals surface area (Å²) in [5.41, 5.74) is 1.64. The van der Waals surface area contributed by atoms with Crippen LogP contribution in [-0.2, 0) is 27.3 Å². The summed E-state index contributed by atoms with van der Waals surface area (Å²) in [5.74, 6) is 1.61. The van der Waals surface area contributed by atoms with Crippen LogP contribution in [0.15, 0.2) is 48.5 Å². The van der Waals surface area contributed by atoms with Crippen molar-refractivity contribution in [1.29, 1.82) is 0 Å². The maximum atomic E-state index is 11.9. The molecule has 3 N–H and O–H groups in total. The van der Waals surface area contributed by atoms with Crippen LogP contribution in [0.1, 0.15) is 51.2 Å². The van der Waals surface area contributed by atoms with Gasteiger partial charge in [-0.2, -0.15) is 0 Å². The molecule has 1 amide bonds. The fourth-order valence-corrected chi connectivity index (χ4v) is 3.76. The van der Waals surface area contributed by atoms with Crippen LogP contribution in [0.4, 0.5) is 4.79 Å². The summed E-state index contributed by atoms with van der Waals surface area (Å²) >= 11 is 0. The molecule has 0 radical (unpaired) electrons. The van der Waals surface area contributed by atoms with Gasteiger partial charge in [-0.25, -0.2) is 4.79 Å². The van der Waals surface area contributed by atoms with Crippen LogP contribution in [0.5, 0.6) is 11.5 Å². The maximum absolute atomic E-state index is 11.9. The fourth-order valence-electron chi connectivity index (χ4n) is 3.76. The Morgan fingerprint density at radius 2 is 1.42 bits per heavy atom. The lowest BCUT2D eigenvalue weighted by molar-refractivity contribution is 0.0501. The first-order valence-corrected chi connectivity index (χ1v) is 13.1. The normalized spacial score (nSPS) is 12.1. The molecule has 0 saturated carbocycles. The maximum Gasteiger partial charge on any atom is 0.407 e. The molecule has 0 spiro atoms. The third-order valence-corrected chi connectivity index (χ3v) is 5.54. The Hall–Kier alpha value is -2.85. The van der Waals surface area contributed by atoms with Crippen molar-refractivity contribution >= 4 is 6.09 Å². The highest BCUT2D eigenvalue weighted by Crippen LogP contribution is 2.19. The van der Waals surface area contributed by atoms with Crippen LogP contribution in [0.2, 0.25) is 0 Å². The number of amides is 1. The van der Waals surface area contributed by atoms with Crippen molar-refractivity contribution in [2.45, 2.75) is 64.8 Å². The van der Waals surface area contributed by atoms with E-state index in [0.717, 1.165) is 48.4 Å². The average molecular weight is 532 g/mol. The van der Waals surface area contributed by atoms with Crippen molar-refractivity contribution in [3.8, 4) is 11.5 Å². The van der Waals surface area contributed by atoms with E-state index in [2.05, 4.69) is 22.0 Å². The Labute approximate surface area is 227 Å². The minimum Gasteiger partial charge on any atom is -0.467 e. The Morgan fingerprint density at radius 3 is 2.00 bits per heavy atom. The van der Waals surface area contributed by atoms with E-state index in [0.29, 0.717) is 19.6 Å². The lowest BCUT2D eigenvalue weighted by atomic mass is 10.1. The molecular formula is C29H45N3O6. The van der Waals surface area contributed by atoms with E-state index in [1.807, 2.05) is 63.2 Å². The summed E-state index contributed by atoms with van der Waals surface area (Å²) in [6, 6.07) is 16.1. The second kappa shape index (κ2) is 17.6. The van der Waals surface area contributed by atoms with Crippen molar-refractivity contribution in [3.05, 3.63) is 59.7 Å². The van der Waals surface area contributed by atoms with E-state index in [9.17, 15) is 4.79 Å². The van der Waals surface area contributed by atoms with E-state index < -0.39 is 5.60 Å². The van der Waals surface area contributed by atoms with Gasteiger partial charge in [0, 0.05) is 57.6 Å². The zero-order valence-electron chi connectivity index (χ0n) is 23.5. The number of para-hydroxylation sites is 2. The predicted octanol–water partition coefficient (Wildman–Crippen LogP) is 4.60. The number of methoxy groups -OCH3 is 2. The van der Waals surface area contributed by atoms with E-state index in [1.165, 1.54) is 0 Å². The predicted molar refractivity (Wildman–Crippen MR) is 148 cm³/mol. The second-order valence-corrected chi connectivity index (χ2v) is 9.95. The molecule has 0 aliphatic carbocycles. The topological polar surface area (TPSA) is 99.3 Å². The molecule has 9 nitrogen and oxygen atoms in total. The largest absolute Gasteiger partial charge is 0.467 e. The molecular weight excluding hydrogens is 486 g/mol. The van der Waals surface area contributed by atoms with Crippen molar-refractivity contribution in [2.24, 2.45) is 0 Å². The number of hydrogen-bond acceptors (Lipinski definition) is 8. The van der Waals surface area contributed by atoms with Gasteiger partial charge in [-0.3, -0.25) is 0 Å². The Morgan fingerprint density at radius 1 is 0.842 bits per heavy atom. The first kappa shape index (κ1) is 31.4. The lowest BCUT2D eigenvalue weighted by Crippen LogP contribution is -2.38. The number of carbonyl (C=O) groups is 1. The molecule has 0 aliphatic heterocycles. The minimum atomic E-state index is -0.499. The van der Waals surface area contributed by atoms with Crippen LogP contribution < -0.4 is 25.4 Å². The molecule has 9 heteroatoms. The summed E-state index contributed by atoms with van der Waals surface area (Å²) in [6.07, 6.45) is 2.37. The molecule has 0 aliphatic rings. The summed E-state index contributed by atoms with van der Waals surface area (Å²) in [4.78, 5) is 11.9. The van der Waals surface area contributed by atoms with Gasteiger partial charge in [0.1, 0.15) is 17.1 Å². The number of nitrogens with one attached hydrogen (secondary N) is 3. The molecule has 0 saturated heterocycles. The van der Waals surface area contributed by atoms with Gasteiger partial charge < -0.3 is 39.6 Å². The minimum absolute atomic E-state index is 0.206. The third-order valence-electron chi connectivity index (χ3n) is 5.54. The lowest BCUT2D eigenvalue weighted by Gasteiger charge is -2.21. The van der Waals surface area contributed by atoms with Gasteiger partial charge in [-0.1, -0.05) is 42.8 Å². The highest BCUT2D eigenvalue weighted by atomic mass is 16.7. The highest BCUT2D eigenvalue weighted by Gasteiger charge is 2.16. The van der Waals surface area contributed by atoms with Crippen LogP contribution in [0, 0.1) is 0 Å². The zero-order valence-corrected chi connectivity index (χ0v) is 23.5. The number of ether oxygens (including phenoxy) is 5. The highest BCUT2D eigenvalue weighted by molar-refractivity contribution is 5.67. The van der Waals surface area contributed by atoms with Gasteiger partial charge in [0.2, 0.25) is 0 Å². The van der Waals surface area contributed by atoms with Crippen molar-refractivity contribution < 1.29 is 28.5 Å². The SMILES string of the molecule is COCOc1ccccc1CNCC(CCCCNC(=O)OC(C)(C)C)NCc1ccccc1OCOC. The number of hydrogen-bond donors (Lipinski definition) is 3. The molecule has 0 aromatic heterocycles. The van der Waals surface area contributed by atoms with Crippen molar-refractivity contribution in [3.63, 3.8) is 0 Å². The van der Waals surface area contributed by atoms with Gasteiger partial charge in [-0.05, 0) is 45.7 Å². The van der Waals surface area contributed by atoms with Gasteiger partial charge in [0.25, 0.3) is 0 Å². The number of benzene rings is 2. The molecule has 212 valence electrons. The van der Waals surface area contributed by atoms with Crippen LogP contribution in [0.25, 0.3) is 0 Å². The molecule has 2 aromatic rings. The van der Waals surface area contributed by atoms with Crippen LogP contribution in [0.3, 0.4) is 0 Å². The summed E-state index contributed by atoms with van der Waals surface area (Å²) in [6.45, 7) is 8.66. The van der Waals surface area contributed by atoms with Crippen LogP contribution in [-0.4, -0.2) is 58.6 Å². The van der Waals surface area contributed by atoms with Crippen LogP contribution >= 0.6 is 0 Å². The summed E-state index contributed by atoms with van der Waals surface area (Å²) < 4.78 is 26.8. The average Bonchev–Trinajstić information content (AvgIpc) is 2.88. The van der Waals surface area contributed by atoms with E-state index >= 15 is 0 Å². The fraction of sp³-hybridized carbons (Fsp3) is 0.552. The molecule has 0 fully saturated rings. The van der Waals surface area contributed by atoms with Crippen molar-refractivity contribution in [2.75, 3.05) is 40.9 Å². The molecule has 38 heavy (non-hydrogen) atoms. The van der Waals surface area contributed by atoms with Gasteiger partial charge in [0.15, 0.2) is 13.6 Å².